The predicted octanol–water partition coefficient (Wildman–Crippen LogP) is 4.96. The fraction of sp³-hybridized carbons (Fsp3) is 0.750. The van der Waals surface area contributed by atoms with Crippen LogP contribution < -0.4 is 0 Å². The second kappa shape index (κ2) is 6.01. The van der Waals surface area contributed by atoms with Gasteiger partial charge in [0.1, 0.15) is 0 Å². The highest BCUT2D eigenvalue weighted by molar-refractivity contribution is 6.34. The largest absolute Gasteiger partial charge is 0.344 e. The number of rotatable bonds is 1. The van der Waals surface area contributed by atoms with Crippen molar-refractivity contribution in [2.45, 2.75) is 88.0 Å². The van der Waals surface area contributed by atoms with Gasteiger partial charge < -0.3 is 9.47 Å². The third-order valence-corrected chi connectivity index (χ3v) is 10.7. The van der Waals surface area contributed by atoms with Gasteiger partial charge in [-0.2, -0.15) is 0 Å². The van der Waals surface area contributed by atoms with Gasteiger partial charge in [0.15, 0.2) is 23.0 Å². The van der Waals surface area contributed by atoms with Gasteiger partial charge in [-0.3, -0.25) is 9.59 Å². The summed E-state index contributed by atoms with van der Waals surface area (Å²) in [6.07, 6.45) is 8.01. The Bertz CT molecular complexity index is 909. The number of allylic oxidation sites excluding steroid dienone is 4. The number of Topliss-reactive ketones (excluding diaryl/α,β-unsaturated/α-hetero) is 1. The van der Waals surface area contributed by atoms with Gasteiger partial charge >= 0.3 is 0 Å². The maximum absolute atomic E-state index is 13.1. The highest BCUT2D eigenvalue weighted by Gasteiger charge is 2.78. The van der Waals surface area contributed by atoms with E-state index in [4.69, 9.17) is 32.7 Å². The van der Waals surface area contributed by atoms with Gasteiger partial charge in [-0.25, -0.2) is 0 Å². The van der Waals surface area contributed by atoms with Crippen LogP contribution >= 0.6 is 23.2 Å². The summed E-state index contributed by atoms with van der Waals surface area (Å²) in [5.41, 5.74) is -0.870. The minimum atomic E-state index is -0.998. The van der Waals surface area contributed by atoms with Crippen LogP contribution in [0.15, 0.2) is 23.8 Å². The third kappa shape index (κ3) is 2.22. The molecule has 0 radical (unpaired) electrons. The molecular formula is C24H30Cl2O4. The molecule has 1 aliphatic heterocycles. The molecule has 5 aliphatic rings. The highest BCUT2D eigenvalue weighted by atomic mass is 35.5. The Labute approximate surface area is 188 Å². The number of fused-ring (bicyclic) bond motifs is 7. The summed E-state index contributed by atoms with van der Waals surface area (Å²) >= 11 is 14.7. The molecule has 0 unspecified atom stereocenters. The Hall–Kier alpha value is -0.680. The highest BCUT2D eigenvalue weighted by Crippen LogP contribution is 2.73. The standard InChI is InChI=1S/C24H30Cl2O4/c1-13(27)24-19(29-20(2,3)30-24)11-17-16-7-6-14-10-15(28)8-9-21(14,4)23(16,26)18(25)12-22(17,24)5/h8-10,16-19H,6-7,11-12H2,1-5H3/t16-,17-,18-,19+,21-,22-,23-,24+/m0/s1. The molecular weight excluding hydrogens is 423 g/mol. The molecule has 1 heterocycles. The van der Waals surface area contributed by atoms with E-state index in [1.807, 2.05) is 19.9 Å². The molecule has 0 spiro atoms. The Morgan fingerprint density at radius 2 is 1.90 bits per heavy atom. The van der Waals surface area contributed by atoms with E-state index in [2.05, 4.69) is 13.8 Å². The van der Waals surface area contributed by atoms with Crippen molar-refractivity contribution < 1.29 is 19.1 Å². The van der Waals surface area contributed by atoms with Gasteiger partial charge in [0.2, 0.25) is 0 Å². The number of carbonyl (C=O) groups excluding carboxylic acids is 2. The van der Waals surface area contributed by atoms with Crippen molar-refractivity contribution in [1.29, 1.82) is 0 Å². The monoisotopic (exact) mass is 452 g/mol. The maximum Gasteiger partial charge on any atom is 0.178 e. The minimum Gasteiger partial charge on any atom is -0.344 e. The topological polar surface area (TPSA) is 52.6 Å². The van der Waals surface area contributed by atoms with E-state index in [9.17, 15) is 9.59 Å². The van der Waals surface area contributed by atoms with Crippen molar-refractivity contribution in [2.24, 2.45) is 22.7 Å². The molecule has 0 aromatic carbocycles. The lowest BCUT2D eigenvalue weighted by Gasteiger charge is -2.64. The first-order chi connectivity index (χ1) is 13.8. The lowest BCUT2D eigenvalue weighted by atomic mass is 9.46. The van der Waals surface area contributed by atoms with Crippen LogP contribution in [0.1, 0.15) is 60.3 Å². The lowest BCUT2D eigenvalue weighted by Crippen LogP contribution is -2.68. The van der Waals surface area contributed by atoms with E-state index >= 15 is 0 Å². The zero-order chi connectivity index (χ0) is 21.9. The van der Waals surface area contributed by atoms with E-state index in [1.165, 1.54) is 0 Å². The number of halogens is 2. The second-order valence-corrected chi connectivity index (χ2v) is 12.0. The summed E-state index contributed by atoms with van der Waals surface area (Å²) in [6, 6.07) is 0. The minimum absolute atomic E-state index is 0.0137. The first-order valence-electron chi connectivity index (χ1n) is 11.0. The van der Waals surface area contributed by atoms with Crippen molar-refractivity contribution in [3.63, 3.8) is 0 Å². The number of hydrogen-bond donors (Lipinski definition) is 0. The van der Waals surface area contributed by atoms with E-state index in [1.54, 1.807) is 19.1 Å². The molecule has 5 rings (SSSR count). The van der Waals surface area contributed by atoms with E-state index < -0.39 is 27.1 Å². The van der Waals surface area contributed by atoms with Gasteiger partial charge in [0, 0.05) is 10.8 Å². The van der Waals surface area contributed by atoms with Crippen LogP contribution in [0.5, 0.6) is 0 Å². The molecule has 4 aliphatic carbocycles. The molecule has 6 heteroatoms. The summed E-state index contributed by atoms with van der Waals surface area (Å²) in [5.74, 6) is -0.526. The van der Waals surface area contributed by atoms with Crippen LogP contribution in [0.4, 0.5) is 0 Å². The SMILES string of the molecule is CC(=O)[C@@]12OC(C)(C)O[C@@H]1C[C@H]1[C@@H]3CCC4=CC(=O)C=C[C@]4(C)[C@@]3(Cl)[C@@H](Cl)C[C@@]12C. The summed E-state index contributed by atoms with van der Waals surface area (Å²) in [7, 11) is 0. The summed E-state index contributed by atoms with van der Waals surface area (Å²) in [5, 5.41) is -0.376. The fourth-order valence-corrected chi connectivity index (χ4v) is 9.12. The smallest absolute Gasteiger partial charge is 0.178 e. The molecule has 0 aromatic rings. The van der Waals surface area contributed by atoms with Gasteiger partial charge in [-0.15, -0.1) is 23.2 Å². The number of alkyl halides is 2. The number of carbonyl (C=O) groups is 2. The van der Waals surface area contributed by atoms with Crippen LogP contribution in [-0.4, -0.2) is 39.3 Å². The first kappa shape index (κ1) is 21.2. The Morgan fingerprint density at radius 1 is 1.20 bits per heavy atom. The van der Waals surface area contributed by atoms with Gasteiger partial charge in [-0.1, -0.05) is 25.5 Å². The number of ether oxygens (including phenoxy) is 2. The molecule has 0 bridgehead atoms. The maximum atomic E-state index is 13.1. The van der Waals surface area contributed by atoms with Crippen LogP contribution in [0, 0.1) is 22.7 Å². The van der Waals surface area contributed by atoms with Crippen LogP contribution in [0.3, 0.4) is 0 Å². The number of hydrogen-bond acceptors (Lipinski definition) is 4. The fourth-order valence-electron chi connectivity index (χ4n) is 7.89. The van der Waals surface area contributed by atoms with Gasteiger partial charge in [0.05, 0.1) is 16.4 Å². The van der Waals surface area contributed by atoms with E-state index in [0.29, 0.717) is 6.42 Å². The lowest BCUT2D eigenvalue weighted by molar-refractivity contribution is -0.211. The Balaban J connectivity index is 1.64. The quantitative estimate of drug-likeness (QED) is 0.527. The van der Waals surface area contributed by atoms with E-state index in [0.717, 1.165) is 24.8 Å². The molecule has 8 atom stereocenters. The van der Waals surface area contributed by atoms with Crippen LogP contribution in [0.2, 0.25) is 0 Å². The molecule has 164 valence electrons. The predicted molar refractivity (Wildman–Crippen MR) is 116 cm³/mol. The Morgan fingerprint density at radius 3 is 2.57 bits per heavy atom. The van der Waals surface area contributed by atoms with Crippen molar-refractivity contribution in [3.8, 4) is 0 Å². The van der Waals surface area contributed by atoms with Crippen molar-refractivity contribution in [3.05, 3.63) is 23.8 Å². The van der Waals surface area contributed by atoms with E-state index in [-0.39, 0.29) is 34.9 Å². The van der Waals surface area contributed by atoms with Gasteiger partial charge in [0.25, 0.3) is 0 Å². The molecule has 4 fully saturated rings. The molecule has 0 N–H and O–H groups in total. The molecule has 30 heavy (non-hydrogen) atoms. The summed E-state index contributed by atoms with van der Waals surface area (Å²) < 4.78 is 12.7. The van der Waals surface area contributed by atoms with Gasteiger partial charge in [-0.05, 0) is 70.4 Å². The average molecular weight is 453 g/mol. The molecule has 0 aromatic heterocycles. The molecule has 3 saturated carbocycles. The van der Waals surface area contributed by atoms with Crippen LogP contribution in [-0.2, 0) is 19.1 Å². The molecule has 4 nitrogen and oxygen atoms in total. The van der Waals surface area contributed by atoms with Crippen molar-refractivity contribution >= 4 is 34.8 Å². The summed E-state index contributed by atoms with van der Waals surface area (Å²) in [6.45, 7) is 9.65. The normalized spacial score (nSPS) is 53.4. The molecule has 1 saturated heterocycles. The average Bonchev–Trinajstić information content (AvgIpc) is 3.04. The summed E-state index contributed by atoms with van der Waals surface area (Å²) in [4.78, 5) is 24.4. The zero-order valence-corrected chi connectivity index (χ0v) is 19.8. The Kier molecular flexibility index (Phi) is 4.24. The first-order valence-corrected chi connectivity index (χ1v) is 11.8. The third-order valence-electron chi connectivity index (χ3n) is 9.11. The molecule has 0 amide bonds. The zero-order valence-electron chi connectivity index (χ0n) is 18.3. The second-order valence-electron chi connectivity index (χ2n) is 10.9. The van der Waals surface area contributed by atoms with Crippen molar-refractivity contribution in [1.82, 2.24) is 0 Å². The van der Waals surface area contributed by atoms with Crippen LogP contribution in [0.25, 0.3) is 0 Å². The van der Waals surface area contributed by atoms with Crippen molar-refractivity contribution in [2.75, 3.05) is 0 Å². The number of ketones is 2.